The van der Waals surface area contributed by atoms with Gasteiger partial charge in [0.15, 0.2) is 0 Å². The highest BCUT2D eigenvalue weighted by Crippen LogP contribution is 2.16. The van der Waals surface area contributed by atoms with E-state index < -0.39 is 23.4 Å². The molecule has 12 nitrogen and oxygen atoms in total. The Morgan fingerprint density at radius 2 is 1.11 bits per heavy atom. The molecule has 0 rings (SSSR count). The van der Waals surface area contributed by atoms with Crippen molar-refractivity contribution in [2.45, 2.75) is 24.8 Å². The van der Waals surface area contributed by atoms with Gasteiger partial charge >= 0.3 is 17.9 Å². The Kier molecular flexibility index (Phi) is 13.3. The molecule has 0 aromatic carbocycles. The predicted octanol–water partition coefficient (Wildman–Crippen LogP) is -1.63. The maximum Gasteiger partial charge on any atom is 0.305 e. The maximum absolute atomic E-state index is 10.6. The van der Waals surface area contributed by atoms with E-state index in [0.717, 1.165) is 0 Å². The lowest BCUT2D eigenvalue weighted by Gasteiger charge is -2.40. The molecule has 0 bridgehead atoms. The van der Waals surface area contributed by atoms with Gasteiger partial charge in [0.25, 0.3) is 0 Å². The number of carboxylic acids is 3. The molecule has 0 unspecified atom stereocenters. The molecule has 0 atom stereocenters. The molecule has 0 saturated heterocycles. The number of ether oxygens (including phenoxy) is 3. The van der Waals surface area contributed by atoms with Gasteiger partial charge in [-0.15, -0.1) is 0 Å². The first-order chi connectivity index (χ1) is 12.7. The molecule has 27 heavy (non-hydrogen) atoms. The van der Waals surface area contributed by atoms with E-state index in [1.807, 2.05) is 0 Å². The fourth-order valence-corrected chi connectivity index (χ4v) is 1.98. The quantitative estimate of drug-likeness (QED) is 0.101. The van der Waals surface area contributed by atoms with Gasteiger partial charge in [0.05, 0.1) is 65.5 Å². The second kappa shape index (κ2) is 14.3. The topological polar surface area (TPSA) is 189 Å². The van der Waals surface area contributed by atoms with Crippen molar-refractivity contribution in [2.24, 2.45) is 5.84 Å². The third-order valence-electron chi connectivity index (χ3n) is 3.44. The van der Waals surface area contributed by atoms with Gasteiger partial charge in [-0.3, -0.25) is 20.2 Å². The van der Waals surface area contributed by atoms with E-state index in [-0.39, 0.29) is 72.1 Å². The average molecular weight is 396 g/mol. The minimum atomic E-state index is -1.17. The van der Waals surface area contributed by atoms with Crippen LogP contribution in [-0.4, -0.2) is 102 Å². The van der Waals surface area contributed by atoms with Crippen LogP contribution in [0.15, 0.2) is 0 Å². The van der Waals surface area contributed by atoms with E-state index in [1.165, 1.54) is 5.01 Å². The molecule has 0 aliphatic rings. The SMILES string of the molecule is NN(CCO)C(COCCC(=O)O)(COCCC(=O)O)COCCC(=O)O. The van der Waals surface area contributed by atoms with Crippen molar-refractivity contribution in [1.82, 2.24) is 5.01 Å². The second-order valence-corrected chi connectivity index (χ2v) is 5.73. The summed E-state index contributed by atoms with van der Waals surface area (Å²) >= 11 is 0. The number of carboxylic acid groups (broad SMARTS) is 3. The van der Waals surface area contributed by atoms with Crippen LogP contribution >= 0.6 is 0 Å². The van der Waals surface area contributed by atoms with Crippen LogP contribution in [0.2, 0.25) is 0 Å². The van der Waals surface area contributed by atoms with Crippen LogP contribution in [0, 0.1) is 0 Å². The lowest BCUT2D eigenvalue weighted by Crippen LogP contribution is -2.62. The van der Waals surface area contributed by atoms with Crippen LogP contribution in [0.4, 0.5) is 0 Å². The molecular formula is C15H28N2O10. The van der Waals surface area contributed by atoms with Crippen molar-refractivity contribution in [3.8, 4) is 0 Å². The van der Waals surface area contributed by atoms with Crippen LogP contribution in [0.5, 0.6) is 0 Å². The highest BCUT2D eigenvalue weighted by Gasteiger charge is 2.37. The number of rotatable bonds is 18. The summed E-state index contributed by atoms with van der Waals surface area (Å²) in [7, 11) is 0. The average Bonchev–Trinajstić information content (AvgIpc) is 2.58. The number of aliphatic carboxylic acids is 3. The van der Waals surface area contributed by atoms with Gasteiger partial charge in [-0.2, -0.15) is 0 Å². The lowest BCUT2D eigenvalue weighted by atomic mass is 10.0. The monoisotopic (exact) mass is 396 g/mol. The van der Waals surface area contributed by atoms with E-state index in [4.69, 9.17) is 40.5 Å². The number of aliphatic hydroxyl groups excluding tert-OH is 1. The zero-order chi connectivity index (χ0) is 20.7. The first-order valence-electron chi connectivity index (χ1n) is 8.25. The van der Waals surface area contributed by atoms with E-state index >= 15 is 0 Å². The van der Waals surface area contributed by atoms with Gasteiger partial charge in [0.1, 0.15) is 5.54 Å². The Morgan fingerprint density at radius 3 is 1.37 bits per heavy atom. The summed E-state index contributed by atoms with van der Waals surface area (Å²) in [6.45, 7) is -0.980. The smallest absolute Gasteiger partial charge is 0.305 e. The summed E-state index contributed by atoms with van der Waals surface area (Å²) in [5.74, 6) is 2.84. The molecule has 0 heterocycles. The van der Waals surface area contributed by atoms with Gasteiger partial charge in [0, 0.05) is 6.54 Å². The Hall–Kier alpha value is -1.83. The summed E-state index contributed by atoms with van der Waals surface area (Å²) in [6.07, 6.45) is -0.707. The van der Waals surface area contributed by atoms with Crippen molar-refractivity contribution in [1.29, 1.82) is 0 Å². The van der Waals surface area contributed by atoms with Crippen molar-refractivity contribution in [3.63, 3.8) is 0 Å². The van der Waals surface area contributed by atoms with Gasteiger partial charge < -0.3 is 34.6 Å². The molecule has 0 radical (unpaired) electrons. The Balaban J connectivity index is 4.99. The first kappa shape index (κ1) is 25.2. The molecule has 158 valence electrons. The summed E-state index contributed by atoms with van der Waals surface area (Å²) < 4.78 is 16.1. The zero-order valence-corrected chi connectivity index (χ0v) is 15.0. The Morgan fingerprint density at radius 1 is 0.778 bits per heavy atom. The molecular weight excluding hydrogens is 368 g/mol. The Labute approximate surface area is 156 Å². The molecule has 0 amide bonds. The van der Waals surface area contributed by atoms with E-state index in [9.17, 15) is 14.4 Å². The van der Waals surface area contributed by atoms with E-state index in [1.54, 1.807) is 0 Å². The van der Waals surface area contributed by atoms with Crippen molar-refractivity contribution < 1.29 is 49.0 Å². The number of nitrogens with two attached hydrogens (primary N) is 1. The van der Waals surface area contributed by atoms with Crippen LogP contribution in [0.25, 0.3) is 0 Å². The number of β-amino-alcohol motifs (C(OH)–C–C–N with tert-alkyl or cyclic N) is 1. The number of aliphatic hydroxyl groups is 1. The number of hydrazine groups is 1. The van der Waals surface area contributed by atoms with Crippen molar-refractivity contribution in [3.05, 3.63) is 0 Å². The molecule has 0 fully saturated rings. The molecule has 6 N–H and O–H groups in total. The van der Waals surface area contributed by atoms with Gasteiger partial charge in [-0.1, -0.05) is 0 Å². The third-order valence-corrected chi connectivity index (χ3v) is 3.44. The fourth-order valence-electron chi connectivity index (χ4n) is 1.98. The van der Waals surface area contributed by atoms with Crippen LogP contribution < -0.4 is 5.84 Å². The number of hydrogen-bond donors (Lipinski definition) is 5. The molecule has 0 aromatic rings. The fraction of sp³-hybridized carbons (Fsp3) is 0.800. The number of nitrogens with zero attached hydrogens (tertiary/aromatic N) is 1. The highest BCUT2D eigenvalue weighted by atomic mass is 16.5. The van der Waals surface area contributed by atoms with Crippen molar-refractivity contribution >= 4 is 17.9 Å². The summed E-state index contributed by atoms with van der Waals surface area (Å²) in [6, 6.07) is 0. The highest BCUT2D eigenvalue weighted by molar-refractivity contribution is 5.67. The van der Waals surface area contributed by atoms with E-state index in [2.05, 4.69) is 0 Å². The third kappa shape index (κ3) is 12.2. The molecule has 0 aromatic heterocycles. The zero-order valence-electron chi connectivity index (χ0n) is 15.0. The van der Waals surface area contributed by atoms with Gasteiger partial charge in [-0.05, 0) is 0 Å². The minimum Gasteiger partial charge on any atom is -0.481 e. The second-order valence-electron chi connectivity index (χ2n) is 5.73. The molecule has 0 aliphatic carbocycles. The normalized spacial score (nSPS) is 11.7. The summed E-state index contributed by atoms with van der Waals surface area (Å²) in [4.78, 5) is 31.8. The van der Waals surface area contributed by atoms with Crippen LogP contribution in [0.3, 0.4) is 0 Å². The van der Waals surface area contributed by atoms with E-state index in [0.29, 0.717) is 0 Å². The summed E-state index contributed by atoms with van der Waals surface area (Å²) in [5, 5.41) is 36.4. The number of carbonyl (C=O) groups is 3. The lowest BCUT2D eigenvalue weighted by molar-refractivity contribution is -0.141. The van der Waals surface area contributed by atoms with Crippen LogP contribution in [0.1, 0.15) is 19.3 Å². The van der Waals surface area contributed by atoms with Gasteiger partial charge in [0.2, 0.25) is 0 Å². The summed E-state index contributed by atoms with van der Waals surface area (Å²) in [5.41, 5.74) is -1.17. The first-order valence-corrected chi connectivity index (χ1v) is 8.25. The van der Waals surface area contributed by atoms with Crippen LogP contribution in [-0.2, 0) is 28.6 Å². The standard InChI is InChI=1S/C15H28N2O10/c16-17(4-5-18)15(9-25-6-1-12(19)20,10-26-7-2-13(21)22)11-27-8-3-14(23)24/h18H,1-11,16H2,(H,19,20)(H,21,22)(H,23,24). The Bertz CT molecular complexity index is 405. The van der Waals surface area contributed by atoms with Gasteiger partial charge in [-0.25, -0.2) is 5.01 Å². The van der Waals surface area contributed by atoms with Crippen molar-refractivity contribution in [2.75, 3.05) is 52.8 Å². The molecule has 0 spiro atoms. The largest absolute Gasteiger partial charge is 0.481 e. The predicted molar refractivity (Wildman–Crippen MR) is 89.9 cm³/mol. The molecule has 0 saturated carbocycles. The maximum atomic E-state index is 10.6. The molecule has 12 heteroatoms. The molecule has 0 aliphatic heterocycles. The minimum absolute atomic E-state index is 0.00682. The number of hydrogen-bond acceptors (Lipinski definition) is 9.